The molecule has 0 aliphatic rings. The smallest absolute Gasteiger partial charge is 0.239 e. The molecule has 0 atom stereocenters. The third kappa shape index (κ3) is 1.93. The Bertz CT molecular complexity index is 475. The highest BCUT2D eigenvalue weighted by atomic mass is 15.4. The standard InChI is InChI=1S/C9H12N6/c1-3-7-4-8(13-6(2)12-7)15-5-11-9(10)14-15/h4-5H,3H2,1-2H3,(H2,10,14). The number of aryl methyl sites for hydroxylation is 2. The average molecular weight is 204 g/mol. The fourth-order valence-corrected chi connectivity index (χ4v) is 1.30. The molecule has 0 aromatic carbocycles. The molecule has 0 bridgehead atoms. The number of nitrogens with two attached hydrogens (primary N) is 1. The van der Waals surface area contributed by atoms with Crippen LogP contribution in [0.25, 0.3) is 5.82 Å². The van der Waals surface area contributed by atoms with E-state index < -0.39 is 0 Å². The molecule has 0 unspecified atom stereocenters. The van der Waals surface area contributed by atoms with Gasteiger partial charge in [-0.05, 0) is 13.3 Å². The summed E-state index contributed by atoms with van der Waals surface area (Å²) in [5, 5.41) is 3.99. The van der Waals surface area contributed by atoms with Crippen LogP contribution in [0.5, 0.6) is 0 Å². The molecule has 0 radical (unpaired) electrons. The summed E-state index contributed by atoms with van der Waals surface area (Å²) in [5.41, 5.74) is 6.42. The molecule has 0 amide bonds. The normalized spacial score (nSPS) is 10.5. The van der Waals surface area contributed by atoms with Crippen molar-refractivity contribution in [2.45, 2.75) is 20.3 Å². The second-order valence-electron chi connectivity index (χ2n) is 3.17. The lowest BCUT2D eigenvalue weighted by molar-refractivity contribution is 0.815. The Morgan fingerprint density at radius 3 is 2.80 bits per heavy atom. The van der Waals surface area contributed by atoms with Gasteiger partial charge in [-0.15, -0.1) is 5.10 Å². The molecule has 2 aromatic heterocycles. The molecule has 0 fully saturated rings. The van der Waals surface area contributed by atoms with Gasteiger partial charge in [0.1, 0.15) is 12.2 Å². The maximum atomic E-state index is 5.44. The van der Waals surface area contributed by atoms with Gasteiger partial charge in [0.2, 0.25) is 5.95 Å². The molecule has 0 aliphatic heterocycles. The summed E-state index contributed by atoms with van der Waals surface area (Å²) >= 11 is 0. The van der Waals surface area contributed by atoms with E-state index in [1.807, 2.05) is 19.9 Å². The quantitative estimate of drug-likeness (QED) is 0.770. The largest absolute Gasteiger partial charge is 0.366 e. The number of nitrogen functional groups attached to an aromatic ring is 1. The summed E-state index contributed by atoms with van der Waals surface area (Å²) in [6.07, 6.45) is 2.40. The third-order valence-corrected chi connectivity index (χ3v) is 1.98. The molecule has 15 heavy (non-hydrogen) atoms. The number of hydrogen-bond donors (Lipinski definition) is 1. The number of nitrogens with zero attached hydrogens (tertiary/aromatic N) is 5. The minimum Gasteiger partial charge on any atom is -0.366 e. The minimum atomic E-state index is 0.240. The predicted molar refractivity (Wildman–Crippen MR) is 55.5 cm³/mol. The van der Waals surface area contributed by atoms with Gasteiger partial charge in [0, 0.05) is 11.8 Å². The van der Waals surface area contributed by atoms with Crippen molar-refractivity contribution in [3.8, 4) is 5.82 Å². The average Bonchev–Trinajstić information content (AvgIpc) is 2.64. The van der Waals surface area contributed by atoms with E-state index in [2.05, 4.69) is 20.1 Å². The van der Waals surface area contributed by atoms with Gasteiger partial charge in [-0.2, -0.15) is 0 Å². The number of aromatic nitrogens is 5. The summed E-state index contributed by atoms with van der Waals surface area (Å²) in [4.78, 5) is 12.4. The molecular weight excluding hydrogens is 192 g/mol. The highest BCUT2D eigenvalue weighted by Gasteiger charge is 2.04. The fraction of sp³-hybridized carbons (Fsp3) is 0.333. The van der Waals surface area contributed by atoms with E-state index in [0.717, 1.165) is 17.9 Å². The molecule has 2 N–H and O–H groups in total. The van der Waals surface area contributed by atoms with Crippen molar-refractivity contribution in [3.63, 3.8) is 0 Å². The minimum absolute atomic E-state index is 0.240. The number of rotatable bonds is 2. The first-order valence-electron chi connectivity index (χ1n) is 4.71. The van der Waals surface area contributed by atoms with Crippen molar-refractivity contribution in [3.05, 3.63) is 23.9 Å². The number of anilines is 1. The van der Waals surface area contributed by atoms with Crippen LogP contribution in [0.15, 0.2) is 12.4 Å². The van der Waals surface area contributed by atoms with Crippen LogP contribution < -0.4 is 5.73 Å². The van der Waals surface area contributed by atoms with Crippen molar-refractivity contribution in [1.29, 1.82) is 0 Å². The van der Waals surface area contributed by atoms with Gasteiger partial charge in [-0.3, -0.25) is 0 Å². The Labute approximate surface area is 87.2 Å². The van der Waals surface area contributed by atoms with Gasteiger partial charge in [0.05, 0.1) is 0 Å². The Morgan fingerprint density at radius 1 is 1.40 bits per heavy atom. The van der Waals surface area contributed by atoms with Crippen LogP contribution in [0.1, 0.15) is 18.4 Å². The van der Waals surface area contributed by atoms with Crippen LogP contribution in [0.2, 0.25) is 0 Å². The van der Waals surface area contributed by atoms with Crippen molar-refractivity contribution in [2.75, 3.05) is 5.73 Å². The lowest BCUT2D eigenvalue weighted by atomic mass is 10.3. The van der Waals surface area contributed by atoms with Crippen LogP contribution in [0.3, 0.4) is 0 Å². The summed E-state index contributed by atoms with van der Waals surface area (Å²) in [5.74, 6) is 1.66. The molecule has 0 saturated carbocycles. The summed E-state index contributed by atoms with van der Waals surface area (Å²) in [7, 11) is 0. The van der Waals surface area contributed by atoms with Crippen LogP contribution in [0.4, 0.5) is 5.95 Å². The third-order valence-electron chi connectivity index (χ3n) is 1.98. The Kier molecular flexibility index (Phi) is 2.32. The van der Waals surface area contributed by atoms with Crippen molar-refractivity contribution in [1.82, 2.24) is 24.7 Å². The summed E-state index contributed by atoms with van der Waals surface area (Å²) in [6.45, 7) is 3.89. The highest BCUT2D eigenvalue weighted by molar-refractivity contribution is 5.25. The predicted octanol–water partition coefficient (Wildman–Crippen LogP) is 0.510. The lowest BCUT2D eigenvalue weighted by Gasteiger charge is -2.03. The van der Waals surface area contributed by atoms with Crippen LogP contribution in [-0.2, 0) is 6.42 Å². The zero-order valence-corrected chi connectivity index (χ0v) is 8.68. The lowest BCUT2D eigenvalue weighted by Crippen LogP contribution is -2.04. The van der Waals surface area contributed by atoms with E-state index in [1.165, 1.54) is 6.33 Å². The molecule has 0 saturated heterocycles. The van der Waals surface area contributed by atoms with Crippen LogP contribution in [0, 0.1) is 6.92 Å². The summed E-state index contributed by atoms with van der Waals surface area (Å²) in [6, 6.07) is 1.88. The molecule has 2 heterocycles. The van der Waals surface area contributed by atoms with E-state index in [-0.39, 0.29) is 5.95 Å². The topological polar surface area (TPSA) is 82.5 Å². The first kappa shape index (κ1) is 9.57. The van der Waals surface area contributed by atoms with Gasteiger partial charge in [0.25, 0.3) is 0 Å². The Morgan fingerprint density at radius 2 is 2.20 bits per heavy atom. The molecule has 2 aromatic rings. The molecule has 0 aliphatic carbocycles. The summed E-state index contributed by atoms with van der Waals surface area (Å²) < 4.78 is 1.54. The van der Waals surface area contributed by atoms with E-state index in [4.69, 9.17) is 5.73 Å². The zero-order valence-electron chi connectivity index (χ0n) is 8.68. The Hall–Kier alpha value is -1.98. The molecule has 6 nitrogen and oxygen atoms in total. The van der Waals surface area contributed by atoms with E-state index in [1.54, 1.807) is 4.68 Å². The molecule has 6 heteroatoms. The SMILES string of the molecule is CCc1cc(-n2cnc(N)n2)nc(C)n1. The van der Waals surface area contributed by atoms with Gasteiger partial charge in [0.15, 0.2) is 5.82 Å². The maximum Gasteiger partial charge on any atom is 0.239 e. The van der Waals surface area contributed by atoms with Gasteiger partial charge < -0.3 is 5.73 Å². The second-order valence-corrected chi connectivity index (χ2v) is 3.17. The van der Waals surface area contributed by atoms with Crippen LogP contribution >= 0.6 is 0 Å². The molecular formula is C9H12N6. The zero-order chi connectivity index (χ0) is 10.8. The molecule has 78 valence electrons. The van der Waals surface area contributed by atoms with Crippen molar-refractivity contribution < 1.29 is 0 Å². The fourth-order valence-electron chi connectivity index (χ4n) is 1.30. The van der Waals surface area contributed by atoms with Crippen molar-refractivity contribution >= 4 is 5.95 Å². The van der Waals surface area contributed by atoms with E-state index >= 15 is 0 Å². The van der Waals surface area contributed by atoms with Gasteiger partial charge in [-0.1, -0.05) is 6.92 Å². The first-order chi connectivity index (χ1) is 7.19. The number of hydrogen-bond acceptors (Lipinski definition) is 5. The monoisotopic (exact) mass is 204 g/mol. The maximum absolute atomic E-state index is 5.44. The Balaban J connectivity index is 2.48. The van der Waals surface area contributed by atoms with E-state index in [0.29, 0.717) is 5.82 Å². The van der Waals surface area contributed by atoms with E-state index in [9.17, 15) is 0 Å². The molecule has 2 rings (SSSR count). The van der Waals surface area contributed by atoms with Gasteiger partial charge in [-0.25, -0.2) is 19.6 Å². The first-order valence-corrected chi connectivity index (χ1v) is 4.71. The van der Waals surface area contributed by atoms with Gasteiger partial charge >= 0.3 is 0 Å². The highest BCUT2D eigenvalue weighted by Crippen LogP contribution is 2.06. The van der Waals surface area contributed by atoms with Crippen LogP contribution in [-0.4, -0.2) is 24.7 Å². The van der Waals surface area contributed by atoms with Crippen molar-refractivity contribution in [2.24, 2.45) is 0 Å². The second kappa shape index (κ2) is 3.64. The molecule has 0 spiro atoms.